The van der Waals surface area contributed by atoms with Crippen molar-refractivity contribution in [3.63, 3.8) is 0 Å². The van der Waals surface area contributed by atoms with Gasteiger partial charge in [0.05, 0.1) is 27.3 Å². The molecule has 0 aliphatic carbocycles. The number of nitrogens with zero attached hydrogens (tertiary/aromatic N) is 2. The highest BCUT2D eigenvalue weighted by Gasteiger charge is 2.47. The van der Waals surface area contributed by atoms with Gasteiger partial charge in [-0.15, -0.1) is 0 Å². The molecule has 0 saturated heterocycles. The van der Waals surface area contributed by atoms with E-state index in [1.165, 1.54) is 29.3 Å². The molecule has 0 spiro atoms. The Kier molecular flexibility index (Phi) is 4.75. The Labute approximate surface area is 170 Å². The SMILES string of the molecule is NS(=O)(=O)c1ccc(N2N=C(C(F)(F)F)CC2C2CNc3c(Cl)cccc32)cc1. The zero-order valence-electron chi connectivity index (χ0n) is 14.8. The summed E-state index contributed by atoms with van der Waals surface area (Å²) in [5, 5.41) is 13.9. The molecular formula is C18H16ClF3N4O2S. The summed E-state index contributed by atoms with van der Waals surface area (Å²) in [7, 11) is -3.91. The molecule has 4 rings (SSSR count). The third-order valence-electron chi connectivity index (χ3n) is 5.11. The van der Waals surface area contributed by atoms with Gasteiger partial charge in [0.25, 0.3) is 0 Å². The Morgan fingerprint density at radius 1 is 1.17 bits per heavy atom. The fourth-order valence-corrected chi connectivity index (χ4v) is 4.52. The Morgan fingerprint density at radius 3 is 2.48 bits per heavy atom. The number of hydrogen-bond acceptors (Lipinski definition) is 5. The van der Waals surface area contributed by atoms with Gasteiger partial charge in [0.1, 0.15) is 5.71 Å². The van der Waals surface area contributed by atoms with Gasteiger partial charge in [-0.05, 0) is 35.9 Å². The van der Waals surface area contributed by atoms with Crippen LogP contribution in [0.4, 0.5) is 24.5 Å². The fraction of sp³-hybridized carbons (Fsp3) is 0.278. The number of benzene rings is 2. The first-order valence-electron chi connectivity index (χ1n) is 8.65. The quantitative estimate of drug-likeness (QED) is 0.755. The van der Waals surface area contributed by atoms with Crippen molar-refractivity contribution in [3.05, 3.63) is 53.1 Å². The van der Waals surface area contributed by atoms with E-state index in [2.05, 4.69) is 10.4 Å². The second-order valence-corrected chi connectivity index (χ2v) is 8.86. The molecule has 0 saturated carbocycles. The Morgan fingerprint density at radius 2 is 1.86 bits per heavy atom. The fourth-order valence-electron chi connectivity index (χ4n) is 3.75. The zero-order valence-corrected chi connectivity index (χ0v) is 16.4. The maximum Gasteiger partial charge on any atom is 0.431 e. The number of rotatable bonds is 3. The highest BCUT2D eigenvalue weighted by atomic mass is 35.5. The van der Waals surface area contributed by atoms with Crippen LogP contribution in [0, 0.1) is 0 Å². The third-order valence-corrected chi connectivity index (χ3v) is 6.35. The van der Waals surface area contributed by atoms with E-state index in [0.717, 1.165) is 5.56 Å². The lowest BCUT2D eigenvalue weighted by Crippen LogP contribution is -2.34. The maximum atomic E-state index is 13.4. The first kappa shape index (κ1) is 20.0. The molecule has 0 fully saturated rings. The van der Waals surface area contributed by atoms with Gasteiger partial charge in [-0.3, -0.25) is 5.01 Å². The monoisotopic (exact) mass is 444 g/mol. The lowest BCUT2D eigenvalue weighted by atomic mass is 9.90. The molecule has 2 heterocycles. The number of sulfonamides is 1. The van der Waals surface area contributed by atoms with Crippen molar-refractivity contribution in [2.75, 3.05) is 16.9 Å². The summed E-state index contributed by atoms with van der Waals surface area (Å²) < 4.78 is 63.1. The Balaban J connectivity index is 1.73. The van der Waals surface area contributed by atoms with Gasteiger partial charge < -0.3 is 5.32 Å². The third kappa shape index (κ3) is 3.67. The molecule has 2 atom stereocenters. The number of nitrogens with two attached hydrogens (primary N) is 1. The van der Waals surface area contributed by atoms with E-state index in [-0.39, 0.29) is 17.2 Å². The van der Waals surface area contributed by atoms with Crippen LogP contribution in [0.25, 0.3) is 0 Å². The molecule has 0 bridgehead atoms. The smallest absolute Gasteiger partial charge is 0.383 e. The number of para-hydroxylation sites is 1. The summed E-state index contributed by atoms with van der Waals surface area (Å²) in [6.45, 7) is 0.413. The average Bonchev–Trinajstić information content (AvgIpc) is 3.25. The van der Waals surface area contributed by atoms with Crippen LogP contribution in [0.5, 0.6) is 0 Å². The minimum absolute atomic E-state index is 0.128. The molecule has 154 valence electrons. The van der Waals surface area contributed by atoms with Crippen molar-refractivity contribution >= 4 is 38.7 Å². The van der Waals surface area contributed by atoms with E-state index in [1.807, 2.05) is 6.07 Å². The van der Waals surface area contributed by atoms with Crippen LogP contribution in [0.3, 0.4) is 0 Å². The second-order valence-electron chi connectivity index (χ2n) is 6.89. The zero-order chi connectivity index (χ0) is 21.0. The van der Waals surface area contributed by atoms with Gasteiger partial charge in [-0.1, -0.05) is 23.7 Å². The molecule has 0 aromatic heterocycles. The molecule has 0 radical (unpaired) electrons. The molecular weight excluding hydrogens is 429 g/mol. The highest BCUT2D eigenvalue weighted by molar-refractivity contribution is 7.89. The first-order chi connectivity index (χ1) is 13.6. The molecule has 2 aromatic carbocycles. The van der Waals surface area contributed by atoms with Crippen LogP contribution < -0.4 is 15.5 Å². The van der Waals surface area contributed by atoms with Crippen molar-refractivity contribution in [2.45, 2.75) is 29.5 Å². The van der Waals surface area contributed by atoms with Crippen molar-refractivity contribution < 1.29 is 21.6 Å². The lowest BCUT2D eigenvalue weighted by molar-refractivity contribution is -0.0600. The van der Waals surface area contributed by atoms with Crippen molar-refractivity contribution in [1.29, 1.82) is 0 Å². The minimum Gasteiger partial charge on any atom is -0.383 e. The summed E-state index contributed by atoms with van der Waals surface area (Å²) in [6, 6.07) is 9.99. The van der Waals surface area contributed by atoms with Crippen LogP contribution in [0.15, 0.2) is 52.5 Å². The molecule has 2 aliphatic rings. The summed E-state index contributed by atoms with van der Waals surface area (Å²) in [6.07, 6.45) is -4.85. The normalized spacial score (nSPS) is 21.7. The Bertz CT molecular complexity index is 1090. The average molecular weight is 445 g/mol. The number of alkyl halides is 3. The van der Waals surface area contributed by atoms with Crippen molar-refractivity contribution in [2.24, 2.45) is 10.2 Å². The summed E-state index contributed by atoms with van der Waals surface area (Å²) >= 11 is 6.20. The van der Waals surface area contributed by atoms with Gasteiger partial charge in [-0.25, -0.2) is 13.6 Å². The van der Waals surface area contributed by atoms with Crippen molar-refractivity contribution in [3.8, 4) is 0 Å². The molecule has 2 aliphatic heterocycles. The van der Waals surface area contributed by atoms with Gasteiger partial charge in [0.15, 0.2) is 0 Å². The number of halogens is 4. The summed E-state index contributed by atoms with van der Waals surface area (Å²) in [4.78, 5) is -0.128. The van der Waals surface area contributed by atoms with E-state index in [0.29, 0.717) is 22.9 Å². The van der Waals surface area contributed by atoms with Crippen LogP contribution in [-0.4, -0.2) is 32.9 Å². The molecule has 2 unspecified atom stereocenters. The van der Waals surface area contributed by atoms with E-state index in [9.17, 15) is 21.6 Å². The second kappa shape index (κ2) is 6.89. The number of hydrogen-bond donors (Lipinski definition) is 2. The van der Waals surface area contributed by atoms with Gasteiger partial charge in [-0.2, -0.15) is 18.3 Å². The van der Waals surface area contributed by atoms with Crippen LogP contribution in [0.2, 0.25) is 5.02 Å². The molecule has 3 N–H and O–H groups in total. The predicted molar refractivity (Wildman–Crippen MR) is 105 cm³/mol. The lowest BCUT2D eigenvalue weighted by Gasteiger charge is -2.28. The minimum atomic E-state index is -4.56. The molecule has 11 heteroatoms. The first-order valence-corrected chi connectivity index (χ1v) is 10.6. The van der Waals surface area contributed by atoms with E-state index in [4.69, 9.17) is 16.7 Å². The number of hydrazone groups is 1. The van der Waals surface area contributed by atoms with E-state index in [1.54, 1.807) is 12.1 Å². The molecule has 0 amide bonds. The summed E-state index contributed by atoms with van der Waals surface area (Å²) in [5.74, 6) is -0.287. The molecule has 6 nitrogen and oxygen atoms in total. The largest absolute Gasteiger partial charge is 0.431 e. The number of anilines is 2. The number of nitrogens with one attached hydrogen (secondary N) is 1. The van der Waals surface area contributed by atoms with Gasteiger partial charge in [0, 0.05) is 18.9 Å². The standard InChI is InChI=1S/C18H16ClF3N4O2S/c19-14-3-1-2-12-13(9-24-17(12)14)15-8-16(18(20,21)22)25-26(15)10-4-6-11(7-5-10)29(23,27)28/h1-7,13,15,24H,8-9H2,(H2,23,27,28). The van der Waals surface area contributed by atoms with Crippen LogP contribution >= 0.6 is 11.6 Å². The van der Waals surface area contributed by atoms with E-state index >= 15 is 0 Å². The van der Waals surface area contributed by atoms with Crippen LogP contribution in [-0.2, 0) is 10.0 Å². The maximum absolute atomic E-state index is 13.4. The highest BCUT2D eigenvalue weighted by Crippen LogP contribution is 2.44. The van der Waals surface area contributed by atoms with Gasteiger partial charge in [0.2, 0.25) is 10.0 Å². The topological polar surface area (TPSA) is 87.8 Å². The molecule has 29 heavy (non-hydrogen) atoms. The summed E-state index contributed by atoms with van der Waals surface area (Å²) in [5.41, 5.74) is 1.00. The van der Waals surface area contributed by atoms with Gasteiger partial charge >= 0.3 is 6.18 Å². The van der Waals surface area contributed by atoms with E-state index < -0.39 is 28.0 Å². The predicted octanol–water partition coefficient (Wildman–Crippen LogP) is 3.69. The van der Waals surface area contributed by atoms with Crippen molar-refractivity contribution in [1.82, 2.24) is 0 Å². The Hall–Kier alpha value is -2.30. The molecule has 2 aromatic rings. The number of fused-ring (bicyclic) bond motifs is 1. The van der Waals surface area contributed by atoms with Crippen LogP contribution in [0.1, 0.15) is 17.9 Å². The number of primary sulfonamides is 1.